The van der Waals surface area contributed by atoms with Crippen LogP contribution in [0.15, 0.2) is 42.6 Å². The molecule has 3 aromatic rings. The second kappa shape index (κ2) is 8.09. The predicted molar refractivity (Wildman–Crippen MR) is 98.8 cm³/mol. The maximum absolute atomic E-state index is 11.6. The van der Waals surface area contributed by atoms with Crippen LogP contribution in [0.2, 0.25) is 5.02 Å². The minimum absolute atomic E-state index is 0.167. The summed E-state index contributed by atoms with van der Waals surface area (Å²) in [6.07, 6.45) is 1.53. The minimum atomic E-state index is -0.721. The molecule has 0 bridgehead atoms. The van der Waals surface area contributed by atoms with Crippen LogP contribution in [-0.4, -0.2) is 34.4 Å². The van der Waals surface area contributed by atoms with Crippen LogP contribution in [0.3, 0.4) is 0 Å². The number of pyridine rings is 1. The molecule has 0 fully saturated rings. The second-order valence-electron chi connectivity index (χ2n) is 5.58. The lowest BCUT2D eigenvalue weighted by Crippen LogP contribution is -2.25. The highest BCUT2D eigenvalue weighted by atomic mass is 35.5. The summed E-state index contributed by atoms with van der Waals surface area (Å²) in [6.45, 7) is 3.64. The minimum Gasteiger partial charge on any atom is -0.479 e. The average molecular weight is 389 g/mol. The number of aromatic nitrogens is 2. The molecule has 0 aliphatic rings. The Balaban J connectivity index is 1.76. The first kappa shape index (κ1) is 18.7. The molecule has 0 N–H and O–H groups in total. The largest absolute Gasteiger partial charge is 0.479 e. The summed E-state index contributed by atoms with van der Waals surface area (Å²) in [5.74, 6) is 0.682. The Morgan fingerprint density at radius 1 is 1.22 bits per heavy atom. The van der Waals surface area contributed by atoms with E-state index in [1.807, 2.05) is 0 Å². The number of esters is 1. The fraction of sp³-hybridized carbons (Fsp3) is 0.211. The van der Waals surface area contributed by atoms with Gasteiger partial charge in [-0.25, -0.2) is 4.79 Å². The van der Waals surface area contributed by atoms with Crippen LogP contribution in [-0.2, 0) is 9.53 Å². The number of hydrogen-bond donors (Lipinski definition) is 0. The molecule has 7 nitrogen and oxygen atoms in total. The van der Waals surface area contributed by atoms with Gasteiger partial charge in [0.05, 0.1) is 11.6 Å². The number of halogens is 1. The molecule has 2 heterocycles. The molecule has 3 rings (SSSR count). The number of rotatable bonds is 7. The van der Waals surface area contributed by atoms with Crippen molar-refractivity contribution in [3.63, 3.8) is 0 Å². The Hall–Kier alpha value is -3.06. The normalized spacial score (nSPS) is 11.8. The third kappa shape index (κ3) is 4.20. The van der Waals surface area contributed by atoms with Crippen molar-refractivity contribution in [3.05, 3.63) is 53.3 Å². The summed E-state index contributed by atoms with van der Waals surface area (Å²) in [7, 11) is 0. The van der Waals surface area contributed by atoms with E-state index in [1.165, 1.54) is 0 Å². The predicted octanol–water partition coefficient (Wildman–Crippen LogP) is 3.92. The fourth-order valence-electron chi connectivity index (χ4n) is 2.41. The topological polar surface area (TPSA) is 79.1 Å². The van der Waals surface area contributed by atoms with Gasteiger partial charge in [-0.1, -0.05) is 11.6 Å². The zero-order valence-electron chi connectivity index (χ0n) is 14.7. The number of ether oxygens (including phenoxy) is 3. The average Bonchev–Trinajstić information content (AvgIpc) is 2.99. The van der Waals surface area contributed by atoms with Crippen LogP contribution in [0.1, 0.15) is 24.3 Å². The lowest BCUT2D eigenvalue weighted by molar-refractivity contribution is -0.150. The number of carbonyl (C=O) groups excluding carboxylic acids is 2. The first-order valence-corrected chi connectivity index (χ1v) is 8.63. The summed E-state index contributed by atoms with van der Waals surface area (Å²) in [5, 5.41) is 0.478. The lowest BCUT2D eigenvalue weighted by Gasteiger charge is -2.13. The van der Waals surface area contributed by atoms with Crippen molar-refractivity contribution in [1.82, 2.24) is 9.38 Å². The molecular weight excluding hydrogens is 372 g/mol. The summed E-state index contributed by atoms with van der Waals surface area (Å²) in [4.78, 5) is 27.4. The summed E-state index contributed by atoms with van der Waals surface area (Å²) >= 11 is 5.97. The number of fused-ring (bicyclic) bond motifs is 1. The Labute approximate surface area is 160 Å². The summed E-state index contributed by atoms with van der Waals surface area (Å²) in [5.41, 5.74) is 0.795. The molecule has 0 aliphatic heterocycles. The number of benzene rings is 1. The number of imidazole rings is 1. The van der Waals surface area contributed by atoms with Crippen LogP contribution in [0.5, 0.6) is 17.4 Å². The van der Waals surface area contributed by atoms with Gasteiger partial charge in [-0.15, -0.1) is 0 Å². The first-order valence-electron chi connectivity index (χ1n) is 8.25. The molecule has 0 saturated carbocycles. The number of hydrogen-bond acceptors (Lipinski definition) is 6. The number of nitrogens with zero attached hydrogens (tertiary/aromatic N) is 2. The standard InChI is InChI=1S/C19H17ClN2O5/c1-3-25-19(24)12(2)26-14-5-7-15(8-6-14)27-18-16(11-23)22-10-13(20)4-9-17(22)21-18/h4-12H,3H2,1-2H3. The second-order valence-corrected chi connectivity index (χ2v) is 6.02. The molecule has 1 aromatic carbocycles. The zero-order valence-corrected chi connectivity index (χ0v) is 15.5. The van der Waals surface area contributed by atoms with Gasteiger partial charge in [0.2, 0.25) is 5.88 Å². The van der Waals surface area contributed by atoms with Gasteiger partial charge in [0, 0.05) is 6.20 Å². The fourth-order valence-corrected chi connectivity index (χ4v) is 2.57. The quantitative estimate of drug-likeness (QED) is 0.451. The van der Waals surface area contributed by atoms with Crippen molar-refractivity contribution < 1.29 is 23.8 Å². The van der Waals surface area contributed by atoms with Crippen molar-refractivity contribution in [1.29, 1.82) is 0 Å². The van der Waals surface area contributed by atoms with E-state index < -0.39 is 12.1 Å². The molecule has 0 radical (unpaired) electrons. The van der Waals surface area contributed by atoms with Gasteiger partial charge in [0.1, 0.15) is 17.1 Å². The molecule has 27 heavy (non-hydrogen) atoms. The monoisotopic (exact) mass is 388 g/mol. The Morgan fingerprint density at radius 2 is 1.93 bits per heavy atom. The van der Waals surface area contributed by atoms with Gasteiger partial charge in [-0.05, 0) is 50.2 Å². The van der Waals surface area contributed by atoms with Gasteiger partial charge >= 0.3 is 5.97 Å². The van der Waals surface area contributed by atoms with Gasteiger partial charge in [-0.2, -0.15) is 4.98 Å². The molecule has 0 saturated heterocycles. The van der Waals surface area contributed by atoms with Crippen molar-refractivity contribution in [2.75, 3.05) is 6.61 Å². The van der Waals surface area contributed by atoms with E-state index in [9.17, 15) is 9.59 Å². The van der Waals surface area contributed by atoms with E-state index in [2.05, 4.69) is 4.98 Å². The van der Waals surface area contributed by atoms with E-state index in [0.29, 0.717) is 35.1 Å². The number of aldehydes is 1. The van der Waals surface area contributed by atoms with Crippen LogP contribution in [0.25, 0.3) is 5.65 Å². The van der Waals surface area contributed by atoms with Crippen LogP contribution >= 0.6 is 11.6 Å². The third-order valence-electron chi connectivity index (χ3n) is 3.67. The molecule has 0 spiro atoms. The van der Waals surface area contributed by atoms with E-state index in [0.717, 1.165) is 0 Å². The van der Waals surface area contributed by atoms with Crippen LogP contribution in [0, 0.1) is 0 Å². The van der Waals surface area contributed by atoms with E-state index >= 15 is 0 Å². The maximum Gasteiger partial charge on any atom is 0.347 e. The molecule has 0 aliphatic carbocycles. The van der Waals surface area contributed by atoms with Crippen molar-refractivity contribution in [2.45, 2.75) is 20.0 Å². The highest BCUT2D eigenvalue weighted by Gasteiger charge is 2.16. The lowest BCUT2D eigenvalue weighted by atomic mass is 10.3. The highest BCUT2D eigenvalue weighted by molar-refractivity contribution is 6.30. The van der Waals surface area contributed by atoms with E-state index in [-0.39, 0.29) is 11.6 Å². The third-order valence-corrected chi connectivity index (χ3v) is 3.89. The van der Waals surface area contributed by atoms with Crippen molar-refractivity contribution in [2.24, 2.45) is 0 Å². The number of carbonyl (C=O) groups is 2. The molecule has 2 aromatic heterocycles. The zero-order chi connectivity index (χ0) is 19.4. The van der Waals surface area contributed by atoms with Gasteiger partial charge in [0.15, 0.2) is 18.1 Å². The van der Waals surface area contributed by atoms with Crippen LogP contribution < -0.4 is 9.47 Å². The SMILES string of the molecule is CCOC(=O)C(C)Oc1ccc(Oc2nc3ccc(Cl)cn3c2C=O)cc1. The Kier molecular flexibility index (Phi) is 5.61. The first-order chi connectivity index (χ1) is 13.0. The highest BCUT2D eigenvalue weighted by Crippen LogP contribution is 2.27. The summed E-state index contributed by atoms with van der Waals surface area (Å²) < 4.78 is 17.7. The Morgan fingerprint density at radius 3 is 2.59 bits per heavy atom. The summed E-state index contributed by atoms with van der Waals surface area (Å²) in [6, 6.07) is 9.98. The molecular formula is C19H17ClN2O5. The Bertz CT molecular complexity index is 968. The van der Waals surface area contributed by atoms with E-state index in [1.54, 1.807) is 60.8 Å². The molecule has 140 valence electrons. The maximum atomic E-state index is 11.6. The molecule has 1 atom stereocenters. The van der Waals surface area contributed by atoms with Crippen molar-refractivity contribution >= 4 is 29.5 Å². The van der Waals surface area contributed by atoms with Gasteiger partial charge in [0.25, 0.3) is 0 Å². The van der Waals surface area contributed by atoms with E-state index in [4.69, 9.17) is 25.8 Å². The smallest absolute Gasteiger partial charge is 0.347 e. The van der Waals surface area contributed by atoms with Crippen molar-refractivity contribution in [3.8, 4) is 17.4 Å². The molecule has 8 heteroatoms. The molecule has 1 unspecified atom stereocenters. The van der Waals surface area contributed by atoms with Gasteiger partial charge < -0.3 is 14.2 Å². The van der Waals surface area contributed by atoms with Crippen LogP contribution in [0.4, 0.5) is 0 Å². The van der Waals surface area contributed by atoms with Gasteiger partial charge in [-0.3, -0.25) is 9.20 Å². The molecule has 0 amide bonds.